The van der Waals surface area contributed by atoms with Gasteiger partial charge in [0.2, 0.25) is 0 Å². The highest BCUT2D eigenvalue weighted by molar-refractivity contribution is 5.91. The molecule has 0 radical (unpaired) electrons. The topological polar surface area (TPSA) is 88.1 Å². The third-order valence-corrected chi connectivity index (χ3v) is 5.85. The van der Waals surface area contributed by atoms with Gasteiger partial charge < -0.3 is 18.9 Å². The van der Waals surface area contributed by atoms with Crippen molar-refractivity contribution < 1.29 is 33.3 Å². The van der Waals surface area contributed by atoms with Crippen LogP contribution in [-0.2, 0) is 19.1 Å². The Balaban J connectivity index is 1.30. The largest absolute Gasteiger partial charge is 0.494 e. The maximum atomic E-state index is 12.4. The molecule has 0 bridgehead atoms. The summed E-state index contributed by atoms with van der Waals surface area (Å²) in [6.07, 6.45) is 9.83. The predicted molar refractivity (Wildman–Crippen MR) is 140 cm³/mol. The molecule has 0 saturated carbocycles. The molecular weight excluding hydrogens is 472 g/mol. The number of benzene rings is 2. The summed E-state index contributed by atoms with van der Waals surface area (Å²) in [5.74, 6) is 0.00274. The van der Waals surface area contributed by atoms with Crippen molar-refractivity contribution in [2.45, 2.75) is 58.0 Å². The van der Waals surface area contributed by atoms with Crippen LogP contribution < -0.4 is 9.47 Å². The molecule has 0 aliphatic carbocycles. The van der Waals surface area contributed by atoms with Crippen LogP contribution in [0.1, 0.15) is 67.8 Å². The molecule has 37 heavy (non-hydrogen) atoms. The number of cyclic esters (lactones) is 1. The lowest BCUT2D eigenvalue weighted by atomic mass is 10.1. The maximum absolute atomic E-state index is 12.4. The van der Waals surface area contributed by atoms with Crippen LogP contribution in [0, 0.1) is 0 Å². The Morgan fingerprint density at radius 1 is 0.973 bits per heavy atom. The summed E-state index contributed by atoms with van der Waals surface area (Å²) in [6.45, 7) is 6.40. The van der Waals surface area contributed by atoms with Crippen LogP contribution in [-0.4, -0.2) is 37.2 Å². The average Bonchev–Trinajstić information content (AvgIpc) is 3.22. The smallest absolute Gasteiger partial charge is 0.343 e. The van der Waals surface area contributed by atoms with Crippen molar-refractivity contribution in [2.75, 3.05) is 13.2 Å². The van der Waals surface area contributed by atoms with Gasteiger partial charge in [0, 0.05) is 18.1 Å². The second kappa shape index (κ2) is 14.6. The summed E-state index contributed by atoms with van der Waals surface area (Å²) in [7, 11) is 0. The van der Waals surface area contributed by atoms with Crippen LogP contribution in [0.3, 0.4) is 0 Å². The first-order valence-corrected chi connectivity index (χ1v) is 12.7. The standard InChI is InChI=1S/C30H34O7/c1-3-34-28(31)19-12-23-10-15-26(16-11-23)36-30(33)24-13-17-25(18-14-24)35-20-8-6-4-5-7-9-27-21-22(2)29(32)37-27/h10-19,27H,2-9,20-21H2,1H3/b19-12+. The normalized spacial score (nSPS) is 15.0. The number of carbonyl (C=O) groups excluding carboxylic acids is 3. The van der Waals surface area contributed by atoms with Crippen LogP contribution in [0.2, 0.25) is 0 Å². The van der Waals surface area contributed by atoms with Gasteiger partial charge in [-0.3, -0.25) is 0 Å². The van der Waals surface area contributed by atoms with Crippen molar-refractivity contribution in [1.82, 2.24) is 0 Å². The minimum atomic E-state index is -0.460. The average molecular weight is 507 g/mol. The minimum absolute atomic E-state index is 0.00985. The number of carbonyl (C=O) groups is 3. The fourth-order valence-electron chi connectivity index (χ4n) is 3.84. The van der Waals surface area contributed by atoms with Crippen molar-refractivity contribution in [3.63, 3.8) is 0 Å². The van der Waals surface area contributed by atoms with E-state index in [0.29, 0.717) is 42.3 Å². The van der Waals surface area contributed by atoms with Gasteiger partial charge in [0.1, 0.15) is 17.6 Å². The number of hydrogen-bond acceptors (Lipinski definition) is 7. The van der Waals surface area contributed by atoms with Gasteiger partial charge in [-0.05, 0) is 74.2 Å². The molecule has 1 aliphatic rings. The molecule has 1 saturated heterocycles. The molecule has 1 aliphatic heterocycles. The van der Waals surface area contributed by atoms with Gasteiger partial charge in [0.05, 0.1) is 18.8 Å². The molecule has 1 unspecified atom stereocenters. The van der Waals surface area contributed by atoms with E-state index >= 15 is 0 Å². The second-order valence-electron chi connectivity index (χ2n) is 8.81. The second-order valence-corrected chi connectivity index (χ2v) is 8.81. The minimum Gasteiger partial charge on any atom is -0.494 e. The third kappa shape index (κ3) is 9.60. The van der Waals surface area contributed by atoms with Crippen molar-refractivity contribution in [2.24, 2.45) is 0 Å². The highest BCUT2D eigenvalue weighted by Crippen LogP contribution is 2.23. The van der Waals surface area contributed by atoms with Crippen LogP contribution >= 0.6 is 0 Å². The van der Waals surface area contributed by atoms with E-state index < -0.39 is 11.9 Å². The van der Waals surface area contributed by atoms with Gasteiger partial charge in [0.15, 0.2) is 0 Å². The maximum Gasteiger partial charge on any atom is 0.343 e. The number of hydrogen-bond donors (Lipinski definition) is 0. The molecule has 0 spiro atoms. The molecule has 0 amide bonds. The van der Waals surface area contributed by atoms with E-state index in [0.717, 1.165) is 44.1 Å². The summed E-state index contributed by atoms with van der Waals surface area (Å²) >= 11 is 0. The molecule has 1 atom stereocenters. The van der Waals surface area contributed by atoms with Gasteiger partial charge in [-0.25, -0.2) is 14.4 Å². The molecule has 2 aromatic rings. The zero-order chi connectivity index (χ0) is 26.5. The fourth-order valence-corrected chi connectivity index (χ4v) is 3.84. The molecule has 1 fully saturated rings. The predicted octanol–water partition coefficient (Wildman–Crippen LogP) is 6.07. The molecule has 7 heteroatoms. The van der Waals surface area contributed by atoms with Crippen LogP contribution in [0.4, 0.5) is 0 Å². The lowest BCUT2D eigenvalue weighted by Crippen LogP contribution is -2.08. The Bertz CT molecular complexity index is 1070. The number of ether oxygens (including phenoxy) is 4. The van der Waals surface area contributed by atoms with Crippen LogP contribution in [0.5, 0.6) is 11.5 Å². The van der Waals surface area contributed by atoms with E-state index in [2.05, 4.69) is 6.58 Å². The number of rotatable bonds is 14. The molecular formula is C30H34O7. The number of esters is 3. The van der Waals surface area contributed by atoms with Crippen molar-refractivity contribution >= 4 is 24.0 Å². The summed E-state index contributed by atoms with van der Waals surface area (Å²) in [5, 5.41) is 0. The van der Waals surface area contributed by atoms with Gasteiger partial charge >= 0.3 is 17.9 Å². The van der Waals surface area contributed by atoms with E-state index in [1.807, 2.05) is 0 Å². The summed E-state index contributed by atoms with van der Waals surface area (Å²) in [6, 6.07) is 13.7. The zero-order valence-corrected chi connectivity index (χ0v) is 21.3. The van der Waals surface area contributed by atoms with Gasteiger partial charge in [-0.15, -0.1) is 0 Å². The molecule has 0 N–H and O–H groups in total. The molecule has 1 heterocycles. The number of unbranched alkanes of at least 4 members (excludes halogenated alkanes) is 4. The van der Waals surface area contributed by atoms with Crippen LogP contribution in [0.25, 0.3) is 6.08 Å². The van der Waals surface area contributed by atoms with E-state index in [1.54, 1.807) is 61.5 Å². The van der Waals surface area contributed by atoms with Gasteiger partial charge in [-0.2, -0.15) is 0 Å². The summed E-state index contributed by atoms with van der Waals surface area (Å²) in [5.41, 5.74) is 1.80. The Hall–Kier alpha value is -3.87. The first-order chi connectivity index (χ1) is 17.9. The molecule has 196 valence electrons. The Morgan fingerprint density at radius 3 is 2.32 bits per heavy atom. The van der Waals surface area contributed by atoms with Crippen molar-refractivity contribution in [3.05, 3.63) is 77.9 Å². The van der Waals surface area contributed by atoms with Crippen LogP contribution in [0.15, 0.2) is 66.8 Å². The highest BCUT2D eigenvalue weighted by atomic mass is 16.6. The molecule has 3 rings (SSSR count). The van der Waals surface area contributed by atoms with E-state index in [-0.39, 0.29) is 12.1 Å². The van der Waals surface area contributed by atoms with Gasteiger partial charge in [-0.1, -0.05) is 38.0 Å². The lowest BCUT2D eigenvalue weighted by Gasteiger charge is -2.09. The van der Waals surface area contributed by atoms with Crippen molar-refractivity contribution in [1.29, 1.82) is 0 Å². The molecule has 0 aromatic heterocycles. The summed E-state index contributed by atoms with van der Waals surface area (Å²) in [4.78, 5) is 35.1. The quantitative estimate of drug-likeness (QED) is 0.133. The molecule has 7 nitrogen and oxygen atoms in total. The van der Waals surface area contributed by atoms with E-state index in [4.69, 9.17) is 18.9 Å². The third-order valence-electron chi connectivity index (χ3n) is 5.85. The lowest BCUT2D eigenvalue weighted by molar-refractivity contribution is -0.139. The van der Waals surface area contributed by atoms with Gasteiger partial charge in [0.25, 0.3) is 0 Å². The van der Waals surface area contributed by atoms with Crippen molar-refractivity contribution in [3.8, 4) is 11.5 Å². The summed E-state index contributed by atoms with van der Waals surface area (Å²) < 4.78 is 21.3. The van der Waals surface area contributed by atoms with E-state index in [1.165, 1.54) is 6.08 Å². The first-order valence-electron chi connectivity index (χ1n) is 12.7. The first kappa shape index (κ1) is 27.7. The Kier molecular flexibility index (Phi) is 11.0. The SMILES string of the molecule is C=C1CC(CCCCCCCOc2ccc(C(=O)Oc3ccc(/C=C/C(=O)OCC)cc3)cc2)OC1=O. The van der Waals surface area contributed by atoms with E-state index in [9.17, 15) is 14.4 Å². The Morgan fingerprint density at radius 2 is 1.65 bits per heavy atom. The fraction of sp³-hybridized carbons (Fsp3) is 0.367. The zero-order valence-electron chi connectivity index (χ0n) is 21.3. The molecule has 2 aromatic carbocycles. The Labute approximate surface area is 218 Å². The highest BCUT2D eigenvalue weighted by Gasteiger charge is 2.26. The monoisotopic (exact) mass is 506 g/mol.